The first-order valence-electron chi connectivity index (χ1n) is 5.73. The van der Waals surface area contributed by atoms with Gasteiger partial charge in [0.2, 0.25) is 11.7 Å². The molecule has 0 radical (unpaired) electrons. The standard InChI is InChI=1S/C12H12BrN3O2/c13-8-3-1-7(2-4-8)11-15-12(18-16-11)10-5-9(17)6-14-10/h1-4,9-10,14,17H,5-6H2. The van der Waals surface area contributed by atoms with E-state index < -0.39 is 0 Å². The lowest BCUT2D eigenvalue weighted by Gasteiger charge is -2.01. The maximum atomic E-state index is 9.46. The number of aliphatic hydroxyl groups is 1. The van der Waals surface area contributed by atoms with Gasteiger partial charge in [0, 0.05) is 16.6 Å². The first-order chi connectivity index (χ1) is 8.72. The van der Waals surface area contributed by atoms with Gasteiger partial charge in [-0.1, -0.05) is 21.1 Å². The number of hydrogen-bond donors (Lipinski definition) is 2. The Morgan fingerprint density at radius 3 is 2.78 bits per heavy atom. The molecule has 2 aromatic rings. The lowest BCUT2D eigenvalue weighted by Crippen LogP contribution is -2.15. The smallest absolute Gasteiger partial charge is 0.244 e. The zero-order valence-corrected chi connectivity index (χ0v) is 11.1. The van der Waals surface area contributed by atoms with Crippen molar-refractivity contribution in [1.82, 2.24) is 15.5 Å². The van der Waals surface area contributed by atoms with E-state index in [1.807, 2.05) is 24.3 Å². The predicted octanol–water partition coefficient (Wildman–Crippen LogP) is 1.89. The second kappa shape index (κ2) is 4.79. The Bertz CT molecular complexity index is 541. The molecule has 18 heavy (non-hydrogen) atoms. The Kier molecular flexibility index (Phi) is 3.15. The number of halogens is 1. The molecule has 0 amide bonds. The predicted molar refractivity (Wildman–Crippen MR) is 68.8 cm³/mol. The zero-order valence-electron chi connectivity index (χ0n) is 9.51. The van der Waals surface area contributed by atoms with Crippen LogP contribution in [0.15, 0.2) is 33.3 Å². The summed E-state index contributed by atoms with van der Waals surface area (Å²) in [7, 11) is 0. The molecule has 1 aromatic heterocycles. The number of hydrogen-bond acceptors (Lipinski definition) is 5. The molecule has 1 saturated heterocycles. The summed E-state index contributed by atoms with van der Waals surface area (Å²) < 4.78 is 6.24. The Morgan fingerprint density at radius 1 is 1.33 bits per heavy atom. The number of aliphatic hydroxyl groups excluding tert-OH is 1. The molecule has 1 aliphatic rings. The van der Waals surface area contributed by atoms with Crippen LogP contribution in [0, 0.1) is 0 Å². The first-order valence-corrected chi connectivity index (χ1v) is 6.52. The van der Waals surface area contributed by atoms with Gasteiger partial charge in [0.1, 0.15) is 0 Å². The van der Waals surface area contributed by atoms with E-state index in [2.05, 4.69) is 31.4 Å². The minimum absolute atomic E-state index is 0.0447. The van der Waals surface area contributed by atoms with Gasteiger partial charge in [-0.3, -0.25) is 0 Å². The number of benzene rings is 1. The summed E-state index contributed by atoms with van der Waals surface area (Å²) in [5.41, 5.74) is 0.909. The van der Waals surface area contributed by atoms with E-state index in [4.69, 9.17) is 4.52 Å². The van der Waals surface area contributed by atoms with Crippen molar-refractivity contribution in [2.45, 2.75) is 18.6 Å². The van der Waals surface area contributed by atoms with Crippen LogP contribution in [0.1, 0.15) is 18.4 Å². The van der Waals surface area contributed by atoms with E-state index in [9.17, 15) is 5.11 Å². The third-order valence-corrected chi connectivity index (χ3v) is 3.48. The molecule has 0 bridgehead atoms. The lowest BCUT2D eigenvalue weighted by atomic mass is 10.2. The van der Waals surface area contributed by atoms with Crippen molar-refractivity contribution in [2.24, 2.45) is 0 Å². The van der Waals surface area contributed by atoms with Gasteiger partial charge in [-0.15, -0.1) is 0 Å². The number of aromatic nitrogens is 2. The van der Waals surface area contributed by atoms with E-state index in [1.54, 1.807) is 0 Å². The second-order valence-electron chi connectivity index (χ2n) is 4.31. The van der Waals surface area contributed by atoms with Crippen molar-refractivity contribution in [2.75, 3.05) is 6.54 Å². The second-order valence-corrected chi connectivity index (χ2v) is 5.23. The molecule has 0 aliphatic carbocycles. The molecule has 0 spiro atoms. The minimum atomic E-state index is -0.335. The summed E-state index contributed by atoms with van der Waals surface area (Å²) in [5.74, 6) is 1.10. The molecule has 6 heteroatoms. The number of β-amino-alcohol motifs (C(OH)–C–C–N with tert-alkyl or cyclic N) is 1. The van der Waals surface area contributed by atoms with Crippen molar-refractivity contribution in [3.63, 3.8) is 0 Å². The number of nitrogens with one attached hydrogen (secondary N) is 1. The fourth-order valence-corrected chi connectivity index (χ4v) is 2.26. The Labute approximate surface area is 112 Å². The van der Waals surface area contributed by atoms with Crippen molar-refractivity contribution >= 4 is 15.9 Å². The van der Waals surface area contributed by atoms with Crippen LogP contribution in [-0.2, 0) is 0 Å². The monoisotopic (exact) mass is 309 g/mol. The van der Waals surface area contributed by atoms with Gasteiger partial charge in [-0.25, -0.2) is 0 Å². The molecule has 1 fully saturated rings. The van der Waals surface area contributed by atoms with Crippen molar-refractivity contribution in [3.8, 4) is 11.4 Å². The molecule has 0 saturated carbocycles. The van der Waals surface area contributed by atoms with Gasteiger partial charge in [0.05, 0.1) is 12.1 Å². The highest BCUT2D eigenvalue weighted by Gasteiger charge is 2.28. The summed E-state index contributed by atoms with van der Waals surface area (Å²) in [6.45, 7) is 0.570. The average Bonchev–Trinajstić information content (AvgIpc) is 2.98. The molecule has 1 aliphatic heterocycles. The van der Waals surface area contributed by atoms with Gasteiger partial charge >= 0.3 is 0 Å². The van der Waals surface area contributed by atoms with Crippen molar-refractivity contribution in [3.05, 3.63) is 34.6 Å². The Hall–Kier alpha value is -1.24. The molecular weight excluding hydrogens is 298 g/mol. The van der Waals surface area contributed by atoms with E-state index >= 15 is 0 Å². The van der Waals surface area contributed by atoms with Crippen molar-refractivity contribution < 1.29 is 9.63 Å². The van der Waals surface area contributed by atoms with Crippen LogP contribution in [0.4, 0.5) is 0 Å². The summed E-state index contributed by atoms with van der Waals surface area (Å²) in [4.78, 5) is 4.36. The molecule has 3 rings (SSSR count). The van der Waals surface area contributed by atoms with E-state index in [0.29, 0.717) is 24.7 Å². The first kappa shape index (κ1) is 11.8. The highest BCUT2D eigenvalue weighted by Crippen LogP contribution is 2.25. The molecule has 1 aromatic carbocycles. The van der Waals surface area contributed by atoms with Crippen LogP contribution in [0.5, 0.6) is 0 Å². The molecule has 2 atom stereocenters. The average molecular weight is 310 g/mol. The largest absolute Gasteiger partial charge is 0.392 e. The molecule has 5 nitrogen and oxygen atoms in total. The van der Waals surface area contributed by atoms with Crippen LogP contribution >= 0.6 is 15.9 Å². The van der Waals surface area contributed by atoms with Crippen LogP contribution in [0.25, 0.3) is 11.4 Å². The van der Waals surface area contributed by atoms with E-state index in [-0.39, 0.29) is 12.1 Å². The summed E-state index contributed by atoms with van der Waals surface area (Å²) in [6.07, 6.45) is 0.278. The quantitative estimate of drug-likeness (QED) is 0.886. The summed E-state index contributed by atoms with van der Waals surface area (Å²) in [6, 6.07) is 7.67. The van der Waals surface area contributed by atoms with Gasteiger partial charge in [-0.05, 0) is 30.7 Å². The van der Waals surface area contributed by atoms with Gasteiger partial charge in [0.25, 0.3) is 0 Å². The highest BCUT2D eigenvalue weighted by molar-refractivity contribution is 9.10. The molecule has 94 valence electrons. The Balaban J connectivity index is 1.83. The lowest BCUT2D eigenvalue weighted by molar-refractivity contribution is 0.191. The minimum Gasteiger partial charge on any atom is -0.392 e. The van der Waals surface area contributed by atoms with Crippen LogP contribution < -0.4 is 5.32 Å². The maximum Gasteiger partial charge on any atom is 0.244 e. The summed E-state index contributed by atoms with van der Waals surface area (Å²) >= 11 is 3.38. The van der Waals surface area contributed by atoms with Gasteiger partial charge in [-0.2, -0.15) is 4.98 Å². The van der Waals surface area contributed by atoms with Crippen molar-refractivity contribution in [1.29, 1.82) is 0 Å². The maximum absolute atomic E-state index is 9.46. The van der Waals surface area contributed by atoms with E-state index in [1.165, 1.54) is 0 Å². The SMILES string of the molecule is OC1CNC(c2nc(-c3ccc(Br)cc3)no2)C1. The topological polar surface area (TPSA) is 71.2 Å². The third kappa shape index (κ3) is 2.31. The normalized spacial score (nSPS) is 23.4. The molecule has 2 unspecified atom stereocenters. The fourth-order valence-electron chi connectivity index (χ4n) is 2.00. The van der Waals surface area contributed by atoms with Crippen LogP contribution in [0.2, 0.25) is 0 Å². The molecule has 2 N–H and O–H groups in total. The summed E-state index contributed by atoms with van der Waals surface area (Å²) in [5, 5.41) is 16.6. The zero-order chi connectivity index (χ0) is 12.5. The molecule has 2 heterocycles. The third-order valence-electron chi connectivity index (χ3n) is 2.95. The van der Waals surface area contributed by atoms with Gasteiger partial charge < -0.3 is 14.9 Å². The van der Waals surface area contributed by atoms with Crippen LogP contribution in [-0.4, -0.2) is 27.9 Å². The fraction of sp³-hybridized carbons (Fsp3) is 0.333. The van der Waals surface area contributed by atoms with E-state index in [0.717, 1.165) is 10.0 Å². The number of rotatable bonds is 2. The molecular formula is C12H12BrN3O2. The van der Waals surface area contributed by atoms with Gasteiger partial charge in [0.15, 0.2) is 0 Å². The Morgan fingerprint density at radius 2 is 2.11 bits per heavy atom. The number of nitrogens with zero attached hydrogens (tertiary/aromatic N) is 2. The highest BCUT2D eigenvalue weighted by atomic mass is 79.9. The van der Waals surface area contributed by atoms with Crippen LogP contribution in [0.3, 0.4) is 0 Å².